The van der Waals surface area contributed by atoms with E-state index in [1.807, 2.05) is 6.20 Å². The molecule has 0 spiro atoms. The van der Waals surface area contributed by atoms with E-state index in [1.54, 1.807) is 6.07 Å². The Kier molecular flexibility index (Phi) is 7.15. The van der Waals surface area contributed by atoms with Crippen molar-refractivity contribution >= 4 is 0 Å². The van der Waals surface area contributed by atoms with Crippen molar-refractivity contribution in [2.24, 2.45) is 0 Å². The van der Waals surface area contributed by atoms with E-state index in [9.17, 15) is 13.9 Å². The van der Waals surface area contributed by atoms with Crippen LogP contribution in [0.3, 0.4) is 0 Å². The zero-order chi connectivity index (χ0) is 20.1. The summed E-state index contributed by atoms with van der Waals surface area (Å²) in [7, 11) is 0. The molecule has 0 amide bonds. The molecule has 28 heavy (non-hydrogen) atoms. The number of benzene rings is 1. The predicted octanol–water partition coefficient (Wildman–Crippen LogP) is 2.95. The second-order valence-electron chi connectivity index (χ2n) is 7.60. The molecule has 7 heteroatoms. The van der Waals surface area contributed by atoms with Crippen LogP contribution < -0.4 is 0 Å². The van der Waals surface area contributed by atoms with Gasteiger partial charge in [0.2, 0.25) is 0 Å². The summed E-state index contributed by atoms with van der Waals surface area (Å²) in [5, 5.41) is 14.0. The minimum atomic E-state index is -0.820. The molecule has 1 saturated heterocycles. The Hall–Kier alpha value is -1.83. The summed E-state index contributed by atoms with van der Waals surface area (Å²) in [4.78, 5) is 4.65. The number of piperazine rings is 1. The molecule has 2 aromatic rings. The zero-order valence-corrected chi connectivity index (χ0v) is 16.7. The van der Waals surface area contributed by atoms with Gasteiger partial charge >= 0.3 is 0 Å². The van der Waals surface area contributed by atoms with E-state index in [4.69, 9.17) is 0 Å². The third kappa shape index (κ3) is 4.96. The van der Waals surface area contributed by atoms with Crippen LogP contribution in [0.1, 0.15) is 36.6 Å². The topological polar surface area (TPSA) is 44.5 Å². The summed E-state index contributed by atoms with van der Waals surface area (Å²) >= 11 is 0. The normalized spacial score (nSPS) is 18.7. The molecule has 1 N–H and O–H groups in total. The van der Waals surface area contributed by atoms with E-state index in [-0.39, 0.29) is 12.6 Å². The average molecular weight is 392 g/mol. The van der Waals surface area contributed by atoms with Gasteiger partial charge in [0, 0.05) is 63.2 Å². The van der Waals surface area contributed by atoms with Gasteiger partial charge in [0.05, 0.1) is 6.20 Å². The third-order valence-electron chi connectivity index (χ3n) is 5.55. The van der Waals surface area contributed by atoms with Crippen LogP contribution in [0.25, 0.3) is 0 Å². The van der Waals surface area contributed by atoms with Crippen molar-refractivity contribution in [3.63, 3.8) is 0 Å². The highest BCUT2D eigenvalue weighted by molar-refractivity contribution is 5.18. The van der Waals surface area contributed by atoms with Crippen molar-refractivity contribution in [3.8, 4) is 0 Å². The van der Waals surface area contributed by atoms with Crippen molar-refractivity contribution in [1.29, 1.82) is 0 Å². The van der Waals surface area contributed by atoms with E-state index in [0.29, 0.717) is 13.0 Å². The molecule has 154 valence electrons. The van der Waals surface area contributed by atoms with Gasteiger partial charge in [-0.15, -0.1) is 0 Å². The highest BCUT2D eigenvalue weighted by Gasteiger charge is 2.27. The lowest BCUT2D eigenvalue weighted by Gasteiger charge is -2.41. The Morgan fingerprint density at radius 2 is 2.00 bits per heavy atom. The van der Waals surface area contributed by atoms with Crippen LogP contribution in [-0.2, 0) is 19.6 Å². The Balaban J connectivity index is 1.64. The van der Waals surface area contributed by atoms with Crippen LogP contribution in [0, 0.1) is 18.6 Å². The Bertz CT molecular complexity index is 780. The van der Waals surface area contributed by atoms with Gasteiger partial charge in [0.25, 0.3) is 0 Å². The second-order valence-corrected chi connectivity index (χ2v) is 7.60. The van der Waals surface area contributed by atoms with E-state index in [1.165, 1.54) is 23.4 Å². The number of nitrogens with zero attached hydrogens (tertiary/aromatic N) is 4. The van der Waals surface area contributed by atoms with Crippen LogP contribution in [-0.4, -0.2) is 57.0 Å². The van der Waals surface area contributed by atoms with Crippen LogP contribution in [0.2, 0.25) is 0 Å². The molecule has 0 bridgehead atoms. The zero-order valence-electron chi connectivity index (χ0n) is 16.7. The number of hydrogen-bond donors (Lipinski definition) is 1. The summed E-state index contributed by atoms with van der Waals surface area (Å²) in [6.07, 6.45) is 3.68. The molecule has 0 saturated carbocycles. The molecule has 3 rings (SSSR count). The maximum absolute atomic E-state index is 13.5. The summed E-state index contributed by atoms with van der Waals surface area (Å²) in [5.41, 5.74) is 3.21. The van der Waals surface area contributed by atoms with Gasteiger partial charge < -0.3 is 5.11 Å². The lowest BCUT2D eigenvalue weighted by atomic mass is 10.1. The maximum atomic E-state index is 13.5. The molecule has 0 aliphatic carbocycles. The maximum Gasteiger partial charge on any atom is 0.159 e. The second kappa shape index (κ2) is 9.58. The van der Waals surface area contributed by atoms with Gasteiger partial charge in [-0.25, -0.2) is 8.78 Å². The Morgan fingerprint density at radius 3 is 2.71 bits per heavy atom. The van der Waals surface area contributed by atoms with Gasteiger partial charge in [-0.3, -0.25) is 14.5 Å². The third-order valence-corrected chi connectivity index (χ3v) is 5.55. The van der Waals surface area contributed by atoms with Gasteiger partial charge in [-0.05, 0) is 37.5 Å². The highest BCUT2D eigenvalue weighted by atomic mass is 19.2. The molecule has 1 aromatic heterocycles. The average Bonchev–Trinajstić information content (AvgIpc) is 3.01. The van der Waals surface area contributed by atoms with Gasteiger partial charge in [-0.1, -0.05) is 13.0 Å². The number of aliphatic hydroxyl groups is 1. The lowest BCUT2D eigenvalue weighted by molar-refractivity contribution is 0.0498. The van der Waals surface area contributed by atoms with E-state index >= 15 is 0 Å². The van der Waals surface area contributed by atoms with Crippen molar-refractivity contribution in [3.05, 3.63) is 52.9 Å². The standard InChI is InChI=1S/C21H30F2N4O/c1-3-7-27-16(2)18(12-24-27)14-25-8-9-26(19(15-25)6-10-28)13-17-4-5-20(22)21(23)11-17/h4-5,11-12,19,28H,3,6-10,13-15H2,1-2H3/t19-/m0/s1. The largest absolute Gasteiger partial charge is 0.396 e. The first kappa shape index (κ1) is 20.9. The van der Waals surface area contributed by atoms with Crippen LogP contribution in [0.5, 0.6) is 0 Å². The first-order chi connectivity index (χ1) is 13.5. The van der Waals surface area contributed by atoms with Crippen molar-refractivity contribution < 1.29 is 13.9 Å². The van der Waals surface area contributed by atoms with Crippen molar-refractivity contribution in [1.82, 2.24) is 19.6 Å². The number of aromatic nitrogens is 2. The van der Waals surface area contributed by atoms with Crippen LogP contribution in [0.15, 0.2) is 24.4 Å². The van der Waals surface area contributed by atoms with Crippen LogP contribution >= 0.6 is 0 Å². The van der Waals surface area contributed by atoms with Gasteiger partial charge in [-0.2, -0.15) is 5.10 Å². The molecule has 0 radical (unpaired) electrons. The fourth-order valence-electron chi connectivity index (χ4n) is 3.92. The van der Waals surface area contributed by atoms with Gasteiger partial charge in [0.1, 0.15) is 0 Å². The summed E-state index contributed by atoms with van der Waals surface area (Å²) in [5.74, 6) is -1.63. The smallest absolute Gasteiger partial charge is 0.159 e. The van der Waals surface area contributed by atoms with E-state index in [0.717, 1.165) is 44.7 Å². The molecule has 0 unspecified atom stereocenters. The molecule has 1 aromatic carbocycles. The molecule has 1 aliphatic rings. The van der Waals surface area contributed by atoms with Crippen molar-refractivity contribution in [2.45, 2.75) is 52.4 Å². The Labute approximate surface area is 165 Å². The monoisotopic (exact) mass is 392 g/mol. The van der Waals surface area contributed by atoms with Crippen molar-refractivity contribution in [2.75, 3.05) is 26.2 Å². The van der Waals surface area contributed by atoms with Gasteiger partial charge in [0.15, 0.2) is 11.6 Å². The first-order valence-corrected chi connectivity index (χ1v) is 10.0. The molecule has 1 fully saturated rings. The quantitative estimate of drug-likeness (QED) is 0.750. The SMILES string of the molecule is CCCn1ncc(CN2CCN(Cc3ccc(F)c(F)c3)[C@@H](CCO)C2)c1C. The number of aliphatic hydroxyl groups excluding tert-OH is 1. The lowest BCUT2D eigenvalue weighted by Crippen LogP contribution is -2.52. The summed E-state index contributed by atoms with van der Waals surface area (Å²) < 4.78 is 28.8. The summed E-state index contributed by atoms with van der Waals surface area (Å²) in [6.45, 7) is 9.26. The number of hydrogen-bond acceptors (Lipinski definition) is 4. The minimum absolute atomic E-state index is 0.111. The summed E-state index contributed by atoms with van der Waals surface area (Å²) in [6, 6.07) is 4.26. The number of aryl methyl sites for hydroxylation is 1. The van der Waals surface area contributed by atoms with E-state index < -0.39 is 11.6 Å². The number of halogens is 2. The first-order valence-electron chi connectivity index (χ1n) is 10.0. The molecule has 2 heterocycles. The van der Waals surface area contributed by atoms with Crippen LogP contribution in [0.4, 0.5) is 8.78 Å². The molecular weight excluding hydrogens is 362 g/mol. The highest BCUT2D eigenvalue weighted by Crippen LogP contribution is 2.20. The molecular formula is C21H30F2N4O. The fraction of sp³-hybridized carbons (Fsp3) is 0.571. The Morgan fingerprint density at radius 1 is 1.18 bits per heavy atom. The fourth-order valence-corrected chi connectivity index (χ4v) is 3.92. The molecule has 1 atom stereocenters. The molecule has 5 nitrogen and oxygen atoms in total. The predicted molar refractivity (Wildman–Crippen MR) is 105 cm³/mol. The number of rotatable bonds is 8. The van der Waals surface area contributed by atoms with E-state index in [2.05, 4.69) is 33.4 Å². The minimum Gasteiger partial charge on any atom is -0.396 e. The molecule has 1 aliphatic heterocycles.